The normalized spacial score (nSPS) is 10.1. The van der Waals surface area contributed by atoms with Crippen molar-refractivity contribution in [2.24, 2.45) is 0 Å². The van der Waals surface area contributed by atoms with Gasteiger partial charge >= 0.3 is 0 Å². The van der Waals surface area contributed by atoms with Crippen LogP contribution in [0.25, 0.3) is 0 Å². The topological polar surface area (TPSA) is 90.7 Å². The van der Waals surface area contributed by atoms with Gasteiger partial charge in [-0.1, -0.05) is 24.3 Å². The molecule has 3 aromatic rings. The summed E-state index contributed by atoms with van der Waals surface area (Å²) < 4.78 is 13.7. The smallest absolute Gasteiger partial charge is 0.270 e. The summed E-state index contributed by atoms with van der Waals surface area (Å²) in [6.45, 7) is 1.73. The zero-order chi connectivity index (χ0) is 19.2. The number of benzene rings is 2. The summed E-state index contributed by atoms with van der Waals surface area (Å²) >= 11 is 0. The van der Waals surface area contributed by atoms with Gasteiger partial charge in [0, 0.05) is 23.9 Å². The molecule has 2 aromatic carbocycles. The lowest BCUT2D eigenvalue weighted by Gasteiger charge is -2.10. The SMILES string of the molecule is Cc1nc(Nc2cccc(C#N)c2)cc(C(=O)NCc2ccccc2F)n1. The van der Waals surface area contributed by atoms with Gasteiger partial charge in [-0.25, -0.2) is 14.4 Å². The highest BCUT2D eigenvalue weighted by Gasteiger charge is 2.12. The molecule has 3 rings (SSSR count). The van der Waals surface area contributed by atoms with E-state index in [0.29, 0.717) is 28.5 Å². The maximum atomic E-state index is 13.7. The van der Waals surface area contributed by atoms with E-state index in [2.05, 4.69) is 26.7 Å². The predicted molar refractivity (Wildman–Crippen MR) is 98.8 cm³/mol. The van der Waals surface area contributed by atoms with Crippen LogP contribution >= 0.6 is 0 Å². The lowest BCUT2D eigenvalue weighted by molar-refractivity contribution is 0.0945. The molecule has 0 radical (unpaired) electrons. The van der Waals surface area contributed by atoms with Crippen LogP contribution < -0.4 is 10.6 Å². The first kappa shape index (κ1) is 18.0. The van der Waals surface area contributed by atoms with Crippen LogP contribution in [0.1, 0.15) is 27.4 Å². The molecule has 0 spiro atoms. The van der Waals surface area contributed by atoms with Crippen molar-refractivity contribution in [2.45, 2.75) is 13.5 Å². The highest BCUT2D eigenvalue weighted by atomic mass is 19.1. The average Bonchev–Trinajstić information content (AvgIpc) is 2.67. The van der Waals surface area contributed by atoms with Gasteiger partial charge in [-0.05, 0) is 31.2 Å². The van der Waals surface area contributed by atoms with Gasteiger partial charge in [0.05, 0.1) is 11.6 Å². The van der Waals surface area contributed by atoms with Gasteiger partial charge < -0.3 is 10.6 Å². The molecule has 0 unspecified atom stereocenters. The Balaban J connectivity index is 1.75. The van der Waals surface area contributed by atoms with Crippen LogP contribution in [-0.2, 0) is 6.54 Å². The maximum absolute atomic E-state index is 13.7. The first-order chi connectivity index (χ1) is 13.0. The molecule has 2 N–H and O–H groups in total. The molecule has 6 nitrogen and oxygen atoms in total. The fourth-order valence-electron chi connectivity index (χ4n) is 2.47. The van der Waals surface area contributed by atoms with E-state index in [1.54, 1.807) is 49.4 Å². The third kappa shape index (κ3) is 4.64. The van der Waals surface area contributed by atoms with Gasteiger partial charge in [0.1, 0.15) is 23.2 Å². The third-order valence-corrected chi connectivity index (χ3v) is 3.73. The van der Waals surface area contributed by atoms with Crippen molar-refractivity contribution in [3.8, 4) is 6.07 Å². The molecule has 0 saturated carbocycles. The molecule has 0 aliphatic carbocycles. The number of hydrogen-bond donors (Lipinski definition) is 2. The zero-order valence-electron chi connectivity index (χ0n) is 14.5. The van der Waals surface area contributed by atoms with Crippen LogP contribution in [-0.4, -0.2) is 15.9 Å². The number of aromatic nitrogens is 2. The minimum atomic E-state index is -0.433. The molecule has 1 heterocycles. The maximum Gasteiger partial charge on any atom is 0.270 e. The van der Waals surface area contributed by atoms with Crippen LogP contribution in [0.2, 0.25) is 0 Å². The number of carbonyl (C=O) groups excluding carboxylic acids is 1. The molecule has 0 atom stereocenters. The van der Waals surface area contributed by atoms with Crippen molar-refractivity contribution in [3.63, 3.8) is 0 Å². The first-order valence-electron chi connectivity index (χ1n) is 8.19. The number of nitrogens with one attached hydrogen (secondary N) is 2. The highest BCUT2D eigenvalue weighted by molar-refractivity contribution is 5.93. The standard InChI is InChI=1S/C20H16FN5O/c1-13-24-18(20(27)23-12-15-6-2-3-8-17(15)21)10-19(25-13)26-16-7-4-5-14(9-16)11-22/h2-10H,12H2,1H3,(H,23,27)(H,24,25,26). The molecule has 0 fully saturated rings. The fourth-order valence-corrected chi connectivity index (χ4v) is 2.47. The van der Waals surface area contributed by atoms with Gasteiger partial charge in [-0.15, -0.1) is 0 Å². The molecule has 0 saturated heterocycles. The Morgan fingerprint density at radius 3 is 2.74 bits per heavy atom. The van der Waals surface area contributed by atoms with Crippen LogP contribution in [0.5, 0.6) is 0 Å². The van der Waals surface area contributed by atoms with E-state index in [-0.39, 0.29) is 18.1 Å². The Kier molecular flexibility index (Phi) is 5.38. The Labute approximate surface area is 155 Å². The number of hydrogen-bond acceptors (Lipinski definition) is 5. The molecule has 1 aromatic heterocycles. The van der Waals surface area contributed by atoms with Crippen molar-refractivity contribution < 1.29 is 9.18 Å². The van der Waals surface area contributed by atoms with Crippen LogP contribution in [0, 0.1) is 24.1 Å². The largest absolute Gasteiger partial charge is 0.347 e. The van der Waals surface area contributed by atoms with Crippen molar-refractivity contribution in [1.82, 2.24) is 15.3 Å². The predicted octanol–water partition coefficient (Wildman–Crippen LogP) is 3.47. The Morgan fingerprint density at radius 2 is 1.96 bits per heavy atom. The van der Waals surface area contributed by atoms with Gasteiger partial charge in [0.25, 0.3) is 5.91 Å². The van der Waals surface area contributed by atoms with Crippen molar-refractivity contribution >= 4 is 17.4 Å². The molecule has 1 amide bonds. The minimum absolute atomic E-state index is 0.0571. The second kappa shape index (κ2) is 8.06. The summed E-state index contributed by atoms with van der Waals surface area (Å²) in [5, 5.41) is 14.7. The average molecular weight is 361 g/mol. The molecule has 0 aliphatic heterocycles. The summed E-state index contributed by atoms with van der Waals surface area (Å²) in [6.07, 6.45) is 0. The monoisotopic (exact) mass is 361 g/mol. The number of carbonyl (C=O) groups is 1. The van der Waals surface area contributed by atoms with E-state index >= 15 is 0 Å². The van der Waals surface area contributed by atoms with Crippen LogP contribution in [0.15, 0.2) is 54.6 Å². The Morgan fingerprint density at radius 1 is 1.15 bits per heavy atom. The van der Waals surface area contributed by atoms with E-state index in [1.165, 1.54) is 12.1 Å². The second-order valence-electron chi connectivity index (χ2n) is 5.78. The summed E-state index contributed by atoms with van der Waals surface area (Å²) in [7, 11) is 0. The Bertz CT molecular complexity index is 1030. The lowest BCUT2D eigenvalue weighted by Crippen LogP contribution is -2.25. The summed E-state index contributed by atoms with van der Waals surface area (Å²) in [5.41, 5.74) is 1.74. The van der Waals surface area contributed by atoms with Crippen molar-refractivity contribution in [1.29, 1.82) is 5.26 Å². The Hall–Kier alpha value is -3.79. The van der Waals surface area contributed by atoms with Gasteiger partial charge in [0.2, 0.25) is 0 Å². The molecule has 27 heavy (non-hydrogen) atoms. The van der Waals surface area contributed by atoms with Crippen molar-refractivity contribution in [3.05, 3.63) is 83.1 Å². The van der Waals surface area contributed by atoms with E-state index in [1.807, 2.05) is 0 Å². The van der Waals surface area contributed by atoms with Crippen molar-refractivity contribution in [2.75, 3.05) is 5.32 Å². The first-order valence-corrected chi connectivity index (χ1v) is 8.19. The van der Waals surface area contributed by atoms with Crippen LogP contribution in [0.4, 0.5) is 15.9 Å². The van der Waals surface area contributed by atoms with E-state index < -0.39 is 5.91 Å². The molecule has 0 bridgehead atoms. The number of aryl methyl sites for hydroxylation is 1. The summed E-state index contributed by atoms with van der Waals surface area (Å²) in [4.78, 5) is 20.8. The zero-order valence-corrected chi connectivity index (χ0v) is 14.5. The number of rotatable bonds is 5. The minimum Gasteiger partial charge on any atom is -0.347 e. The van der Waals surface area contributed by atoms with E-state index in [4.69, 9.17) is 5.26 Å². The van der Waals surface area contributed by atoms with E-state index in [0.717, 1.165) is 0 Å². The summed E-state index contributed by atoms with van der Waals surface area (Å²) in [6, 6.07) is 16.7. The second-order valence-corrected chi connectivity index (χ2v) is 5.78. The molecule has 0 aliphatic rings. The number of nitrogens with zero attached hydrogens (tertiary/aromatic N) is 3. The lowest BCUT2D eigenvalue weighted by atomic mass is 10.2. The van der Waals surface area contributed by atoms with Crippen LogP contribution in [0.3, 0.4) is 0 Å². The highest BCUT2D eigenvalue weighted by Crippen LogP contribution is 2.17. The molecule has 134 valence electrons. The molecular weight excluding hydrogens is 345 g/mol. The molecule has 7 heteroatoms. The van der Waals surface area contributed by atoms with Gasteiger partial charge in [-0.2, -0.15) is 5.26 Å². The van der Waals surface area contributed by atoms with Gasteiger partial charge in [-0.3, -0.25) is 4.79 Å². The number of nitriles is 1. The number of amides is 1. The number of halogens is 1. The fraction of sp³-hybridized carbons (Fsp3) is 0.100. The molecular formula is C20H16FN5O. The summed E-state index contributed by atoms with van der Waals surface area (Å²) in [5.74, 6) is 0.0232. The third-order valence-electron chi connectivity index (χ3n) is 3.73. The van der Waals surface area contributed by atoms with Gasteiger partial charge in [0.15, 0.2) is 0 Å². The van der Waals surface area contributed by atoms with E-state index in [9.17, 15) is 9.18 Å². The number of anilines is 2. The quantitative estimate of drug-likeness (QED) is 0.726.